The maximum absolute atomic E-state index is 4.59. The highest BCUT2D eigenvalue weighted by Gasteiger charge is 2.25. The molecule has 0 amide bonds. The molecule has 1 aliphatic rings. The standard InChI is InChI=1S/C35H37N/c1-10-28-31(24-15-19-26(20-16-24)34(3,4)5)30-23(2)13-11-12-14-29(30)32(33(28)36-9)25-17-21-27(22-18-25)35(6,7)8/h10-22H,1-2,9H2,3-8H3. The van der Waals surface area contributed by atoms with Gasteiger partial charge in [0.25, 0.3) is 0 Å². The van der Waals surface area contributed by atoms with Crippen LogP contribution >= 0.6 is 0 Å². The monoisotopic (exact) mass is 471 g/mol. The molecule has 0 unspecified atom stereocenters. The quantitative estimate of drug-likeness (QED) is 0.336. The molecule has 0 saturated carbocycles. The SMILES string of the molecule is C=Cc1c(N=C)c(-c2ccc(C(C)(C)C)cc2)c2c(c1-c1ccc(C(C)(C)C)cc1)C(=C)C=CC=C2. The third kappa shape index (κ3) is 4.58. The van der Waals surface area contributed by atoms with Crippen LogP contribution in [-0.4, -0.2) is 6.72 Å². The molecule has 3 aromatic carbocycles. The molecule has 0 heterocycles. The van der Waals surface area contributed by atoms with Crippen LogP contribution in [0.25, 0.3) is 40.0 Å². The second kappa shape index (κ2) is 9.39. The first kappa shape index (κ1) is 25.4. The molecular weight excluding hydrogens is 434 g/mol. The van der Waals surface area contributed by atoms with Crippen molar-refractivity contribution in [2.45, 2.75) is 52.4 Å². The van der Waals surface area contributed by atoms with Gasteiger partial charge in [-0.05, 0) is 62.1 Å². The van der Waals surface area contributed by atoms with Gasteiger partial charge >= 0.3 is 0 Å². The van der Waals surface area contributed by atoms with Crippen molar-refractivity contribution in [1.82, 2.24) is 0 Å². The smallest absolute Gasteiger partial charge is 0.0785 e. The van der Waals surface area contributed by atoms with Crippen LogP contribution in [0.2, 0.25) is 0 Å². The zero-order chi connectivity index (χ0) is 26.3. The van der Waals surface area contributed by atoms with Crippen molar-refractivity contribution in [3.63, 3.8) is 0 Å². The van der Waals surface area contributed by atoms with Gasteiger partial charge in [0.2, 0.25) is 0 Å². The van der Waals surface area contributed by atoms with Crippen molar-refractivity contribution in [2.75, 3.05) is 0 Å². The molecule has 0 spiro atoms. The topological polar surface area (TPSA) is 12.4 Å². The Bertz CT molecular complexity index is 1390. The number of hydrogen-bond acceptors (Lipinski definition) is 1. The van der Waals surface area contributed by atoms with E-state index in [1.165, 1.54) is 11.1 Å². The number of rotatable bonds is 4. The van der Waals surface area contributed by atoms with Gasteiger partial charge in [-0.1, -0.05) is 134 Å². The van der Waals surface area contributed by atoms with Gasteiger partial charge in [-0.3, -0.25) is 4.99 Å². The Morgan fingerprint density at radius 2 is 1.14 bits per heavy atom. The first-order valence-corrected chi connectivity index (χ1v) is 12.6. The van der Waals surface area contributed by atoms with Gasteiger partial charge in [0.1, 0.15) is 0 Å². The Labute approximate surface area is 217 Å². The van der Waals surface area contributed by atoms with Crippen LogP contribution in [-0.2, 0) is 10.8 Å². The minimum atomic E-state index is 0.0857. The maximum Gasteiger partial charge on any atom is 0.0785 e. The summed E-state index contributed by atoms with van der Waals surface area (Å²) in [6, 6.07) is 17.7. The van der Waals surface area contributed by atoms with E-state index in [0.717, 1.165) is 50.2 Å². The van der Waals surface area contributed by atoms with Crippen LogP contribution < -0.4 is 0 Å². The molecule has 3 aromatic rings. The summed E-state index contributed by atoms with van der Waals surface area (Å²) in [5.41, 5.74) is 12.2. The average molecular weight is 472 g/mol. The molecule has 0 N–H and O–H groups in total. The van der Waals surface area contributed by atoms with Crippen molar-refractivity contribution in [3.05, 3.63) is 108 Å². The van der Waals surface area contributed by atoms with E-state index in [2.05, 4.69) is 139 Å². The van der Waals surface area contributed by atoms with Crippen LogP contribution in [0.5, 0.6) is 0 Å². The number of hydrogen-bond donors (Lipinski definition) is 0. The Morgan fingerprint density at radius 3 is 1.58 bits per heavy atom. The van der Waals surface area contributed by atoms with E-state index in [1.54, 1.807) is 0 Å². The van der Waals surface area contributed by atoms with E-state index in [0.29, 0.717) is 0 Å². The predicted molar refractivity (Wildman–Crippen MR) is 161 cm³/mol. The molecule has 1 nitrogen and oxygen atoms in total. The molecule has 0 saturated heterocycles. The molecular formula is C35H37N. The molecule has 182 valence electrons. The predicted octanol–water partition coefficient (Wildman–Crippen LogP) is 10.2. The van der Waals surface area contributed by atoms with Crippen LogP contribution in [0.15, 0.2) is 84.9 Å². The molecule has 36 heavy (non-hydrogen) atoms. The van der Waals surface area contributed by atoms with Crippen molar-refractivity contribution in [1.29, 1.82) is 0 Å². The van der Waals surface area contributed by atoms with E-state index < -0.39 is 0 Å². The highest BCUT2D eigenvalue weighted by atomic mass is 14.7. The number of benzene rings is 3. The second-order valence-corrected chi connectivity index (χ2v) is 11.6. The zero-order valence-corrected chi connectivity index (χ0v) is 22.6. The molecule has 0 bridgehead atoms. The highest BCUT2D eigenvalue weighted by molar-refractivity contribution is 6.04. The lowest BCUT2D eigenvalue weighted by Crippen LogP contribution is -2.10. The van der Waals surface area contributed by atoms with Crippen molar-refractivity contribution < 1.29 is 0 Å². The van der Waals surface area contributed by atoms with Gasteiger partial charge in [0.05, 0.1) is 5.69 Å². The third-order valence-corrected chi connectivity index (χ3v) is 6.98. The average Bonchev–Trinajstić information content (AvgIpc) is 3.03. The lowest BCUT2D eigenvalue weighted by atomic mass is 9.80. The Morgan fingerprint density at radius 1 is 0.667 bits per heavy atom. The second-order valence-electron chi connectivity index (χ2n) is 11.6. The van der Waals surface area contributed by atoms with E-state index >= 15 is 0 Å². The largest absolute Gasteiger partial charge is 0.263 e. The minimum absolute atomic E-state index is 0.0857. The molecule has 0 atom stereocenters. The summed E-state index contributed by atoms with van der Waals surface area (Å²) in [6.45, 7) is 26.1. The van der Waals surface area contributed by atoms with Crippen molar-refractivity contribution >= 4 is 30.1 Å². The Balaban J connectivity index is 2.08. The van der Waals surface area contributed by atoms with Gasteiger partial charge in [-0.25, -0.2) is 0 Å². The van der Waals surface area contributed by atoms with E-state index in [4.69, 9.17) is 0 Å². The summed E-state index contributed by atoms with van der Waals surface area (Å²) in [4.78, 5) is 4.59. The van der Waals surface area contributed by atoms with Crippen LogP contribution in [0.4, 0.5) is 5.69 Å². The maximum atomic E-state index is 4.59. The normalized spacial score (nSPS) is 13.3. The number of nitrogens with zero attached hydrogens (tertiary/aromatic N) is 1. The lowest BCUT2D eigenvalue weighted by molar-refractivity contribution is 0.590. The number of fused-ring (bicyclic) bond motifs is 1. The van der Waals surface area contributed by atoms with E-state index in [1.807, 2.05) is 6.08 Å². The molecule has 1 aliphatic carbocycles. The first-order valence-electron chi connectivity index (χ1n) is 12.6. The molecule has 4 rings (SSSR count). The number of aliphatic imine (C=N–C) groups is 1. The Kier molecular flexibility index (Phi) is 6.62. The third-order valence-electron chi connectivity index (χ3n) is 6.98. The first-order chi connectivity index (χ1) is 17.0. The number of allylic oxidation sites excluding steroid dienone is 4. The minimum Gasteiger partial charge on any atom is -0.263 e. The van der Waals surface area contributed by atoms with Gasteiger partial charge in [0, 0.05) is 11.1 Å². The van der Waals surface area contributed by atoms with Gasteiger partial charge in [-0.2, -0.15) is 0 Å². The molecule has 0 radical (unpaired) electrons. The summed E-state index contributed by atoms with van der Waals surface area (Å²) in [6.07, 6.45) is 10.3. The van der Waals surface area contributed by atoms with E-state index in [-0.39, 0.29) is 10.8 Å². The van der Waals surface area contributed by atoms with Gasteiger partial charge in [-0.15, -0.1) is 0 Å². The fourth-order valence-corrected chi connectivity index (χ4v) is 4.91. The molecule has 1 heteroatoms. The molecule has 0 fully saturated rings. The van der Waals surface area contributed by atoms with Crippen LogP contribution in [0.3, 0.4) is 0 Å². The van der Waals surface area contributed by atoms with Crippen LogP contribution in [0, 0.1) is 0 Å². The Hall–Kier alpha value is -3.71. The van der Waals surface area contributed by atoms with Gasteiger partial charge < -0.3 is 0 Å². The lowest BCUT2D eigenvalue weighted by Gasteiger charge is -2.25. The molecule has 0 aliphatic heterocycles. The summed E-state index contributed by atoms with van der Waals surface area (Å²) in [5, 5.41) is 0. The fourth-order valence-electron chi connectivity index (χ4n) is 4.91. The zero-order valence-electron chi connectivity index (χ0n) is 22.6. The molecule has 0 aromatic heterocycles. The van der Waals surface area contributed by atoms with Gasteiger partial charge in [0.15, 0.2) is 0 Å². The van der Waals surface area contributed by atoms with Crippen molar-refractivity contribution in [3.8, 4) is 22.3 Å². The summed E-state index contributed by atoms with van der Waals surface area (Å²) >= 11 is 0. The van der Waals surface area contributed by atoms with Crippen LogP contribution in [0.1, 0.15) is 69.4 Å². The summed E-state index contributed by atoms with van der Waals surface area (Å²) < 4.78 is 0. The summed E-state index contributed by atoms with van der Waals surface area (Å²) in [5.74, 6) is 0. The fraction of sp³-hybridized carbons (Fsp3) is 0.229. The summed E-state index contributed by atoms with van der Waals surface area (Å²) in [7, 11) is 0. The van der Waals surface area contributed by atoms with Crippen molar-refractivity contribution in [2.24, 2.45) is 4.99 Å². The highest BCUT2D eigenvalue weighted by Crippen LogP contribution is 2.49. The van der Waals surface area contributed by atoms with E-state index in [9.17, 15) is 0 Å².